The Morgan fingerprint density at radius 3 is 2.41 bits per heavy atom. The van der Waals surface area contributed by atoms with Crippen LogP contribution in [0.4, 0.5) is 8.78 Å². The predicted molar refractivity (Wildman–Crippen MR) is 116 cm³/mol. The Balaban J connectivity index is 1.40. The van der Waals surface area contributed by atoms with E-state index >= 15 is 0 Å². The molecule has 0 radical (unpaired) electrons. The molecule has 1 fully saturated rings. The molecule has 0 aliphatic carbocycles. The highest BCUT2D eigenvalue weighted by Gasteiger charge is 2.33. The summed E-state index contributed by atoms with van der Waals surface area (Å²) < 4.78 is 59.2. The van der Waals surface area contributed by atoms with Crippen LogP contribution in [-0.2, 0) is 15.8 Å². The van der Waals surface area contributed by atoms with E-state index in [1.165, 1.54) is 11.2 Å². The van der Waals surface area contributed by atoms with Gasteiger partial charge >= 0.3 is 0 Å². The number of benzene rings is 2. The third-order valence-electron chi connectivity index (χ3n) is 5.12. The lowest BCUT2D eigenvalue weighted by molar-refractivity contribution is 0.0664. The van der Waals surface area contributed by atoms with Crippen molar-refractivity contribution in [2.75, 3.05) is 26.2 Å². The summed E-state index contributed by atoms with van der Waals surface area (Å²) in [6.07, 6.45) is 1.46. The average molecular weight is 479 g/mol. The number of hydrogen-bond acceptors (Lipinski definition) is 5. The third-order valence-corrected chi connectivity index (χ3v) is 8.11. The molecule has 1 aliphatic rings. The normalized spacial score (nSPS) is 15.1. The van der Waals surface area contributed by atoms with Crippen LogP contribution in [0.3, 0.4) is 0 Å². The molecule has 0 unspecified atom stereocenters. The lowest BCUT2D eigenvalue weighted by Crippen LogP contribution is -2.50. The van der Waals surface area contributed by atoms with Gasteiger partial charge in [0.05, 0.1) is 6.26 Å². The standard InChI is InChI=1S/C22H20F2N2O4S2/c23-17-6-7-20(19(24)14-17)32(28,29)26-11-9-25(10-12-26)22(27)21-16(8-13-30-21)15-31-18-4-2-1-3-5-18/h1-8,13-14H,9-12,15H2. The van der Waals surface area contributed by atoms with Gasteiger partial charge in [-0.1, -0.05) is 18.2 Å². The van der Waals surface area contributed by atoms with Crippen molar-refractivity contribution in [1.82, 2.24) is 9.21 Å². The van der Waals surface area contributed by atoms with Gasteiger partial charge in [0.15, 0.2) is 5.76 Å². The van der Waals surface area contributed by atoms with Crippen molar-refractivity contribution in [2.45, 2.75) is 15.5 Å². The van der Waals surface area contributed by atoms with Gasteiger partial charge in [-0.3, -0.25) is 4.79 Å². The highest BCUT2D eigenvalue weighted by Crippen LogP contribution is 2.26. The maximum Gasteiger partial charge on any atom is 0.289 e. The third kappa shape index (κ3) is 4.72. The number of nitrogens with zero attached hydrogens (tertiary/aromatic N) is 2. The first-order valence-electron chi connectivity index (χ1n) is 9.85. The molecule has 10 heteroatoms. The molecule has 2 aromatic carbocycles. The molecule has 0 saturated carbocycles. The molecule has 32 heavy (non-hydrogen) atoms. The number of sulfonamides is 1. The first-order valence-corrected chi connectivity index (χ1v) is 12.3. The van der Waals surface area contributed by atoms with E-state index in [-0.39, 0.29) is 37.8 Å². The van der Waals surface area contributed by atoms with E-state index in [1.807, 2.05) is 30.3 Å². The summed E-state index contributed by atoms with van der Waals surface area (Å²) in [5.41, 5.74) is 0.757. The van der Waals surface area contributed by atoms with Crippen molar-refractivity contribution in [3.05, 3.63) is 83.8 Å². The van der Waals surface area contributed by atoms with Gasteiger partial charge in [0.1, 0.15) is 16.5 Å². The Hall–Kier alpha value is -2.69. The number of furan rings is 1. The fourth-order valence-electron chi connectivity index (χ4n) is 3.41. The van der Waals surface area contributed by atoms with E-state index in [4.69, 9.17) is 4.42 Å². The first-order chi connectivity index (χ1) is 15.4. The van der Waals surface area contributed by atoms with Gasteiger partial charge in [-0.25, -0.2) is 17.2 Å². The van der Waals surface area contributed by atoms with E-state index in [0.29, 0.717) is 11.8 Å². The van der Waals surface area contributed by atoms with Crippen LogP contribution in [0.2, 0.25) is 0 Å². The Morgan fingerprint density at radius 2 is 1.72 bits per heavy atom. The SMILES string of the molecule is O=C(c1occc1CSc1ccccc1)N1CCN(S(=O)(=O)c2ccc(F)cc2F)CC1. The van der Waals surface area contributed by atoms with Crippen molar-refractivity contribution >= 4 is 27.7 Å². The molecule has 1 saturated heterocycles. The summed E-state index contributed by atoms with van der Waals surface area (Å²) in [6.45, 7) is 0.263. The Morgan fingerprint density at radius 1 is 1.00 bits per heavy atom. The maximum atomic E-state index is 14.0. The van der Waals surface area contributed by atoms with Crippen LogP contribution >= 0.6 is 11.8 Å². The number of hydrogen-bond donors (Lipinski definition) is 0. The monoisotopic (exact) mass is 478 g/mol. The molecule has 1 amide bonds. The minimum absolute atomic E-state index is 0.000301. The van der Waals surface area contributed by atoms with Crippen LogP contribution < -0.4 is 0 Å². The van der Waals surface area contributed by atoms with E-state index in [0.717, 1.165) is 26.9 Å². The zero-order valence-corrected chi connectivity index (χ0v) is 18.5. The molecule has 0 bridgehead atoms. The minimum Gasteiger partial charge on any atom is -0.459 e. The van der Waals surface area contributed by atoms with Gasteiger partial charge < -0.3 is 9.32 Å². The average Bonchev–Trinajstić information content (AvgIpc) is 3.26. The van der Waals surface area contributed by atoms with Crippen LogP contribution in [0.5, 0.6) is 0 Å². The van der Waals surface area contributed by atoms with Crippen LogP contribution in [-0.4, -0.2) is 49.7 Å². The molecule has 0 spiro atoms. The highest BCUT2D eigenvalue weighted by atomic mass is 32.2. The van der Waals surface area contributed by atoms with E-state index in [2.05, 4.69) is 0 Å². The molecule has 1 aliphatic heterocycles. The van der Waals surface area contributed by atoms with Gasteiger partial charge in [0.2, 0.25) is 10.0 Å². The fourth-order valence-corrected chi connectivity index (χ4v) is 5.78. The second kappa shape index (κ2) is 9.43. The molecule has 0 N–H and O–H groups in total. The second-order valence-corrected chi connectivity index (χ2v) is 10.1. The number of piperazine rings is 1. The lowest BCUT2D eigenvalue weighted by Gasteiger charge is -2.33. The summed E-state index contributed by atoms with van der Waals surface area (Å²) in [4.78, 5) is 15.0. The first kappa shape index (κ1) is 22.5. The number of rotatable bonds is 6. The number of amides is 1. The summed E-state index contributed by atoms with van der Waals surface area (Å²) in [6, 6.07) is 13.9. The van der Waals surface area contributed by atoms with Crippen LogP contribution in [0, 0.1) is 11.6 Å². The zero-order chi connectivity index (χ0) is 22.7. The second-order valence-electron chi connectivity index (χ2n) is 7.15. The Kier molecular flexibility index (Phi) is 6.63. The molecule has 168 valence electrons. The summed E-state index contributed by atoms with van der Waals surface area (Å²) in [5, 5.41) is 0. The smallest absolute Gasteiger partial charge is 0.289 e. The van der Waals surface area contributed by atoms with Crippen molar-refractivity contribution < 1.29 is 26.4 Å². The molecule has 3 aromatic rings. The van der Waals surface area contributed by atoms with Gasteiger partial charge in [0.25, 0.3) is 5.91 Å². The Bertz CT molecular complexity index is 1210. The van der Waals surface area contributed by atoms with Crippen molar-refractivity contribution in [2.24, 2.45) is 0 Å². The largest absolute Gasteiger partial charge is 0.459 e. The Labute approximate surface area is 188 Å². The van der Waals surface area contributed by atoms with Crippen LogP contribution in [0.15, 0.2) is 75.1 Å². The quantitative estimate of drug-likeness (QED) is 0.501. The van der Waals surface area contributed by atoms with Crippen LogP contribution in [0.25, 0.3) is 0 Å². The van der Waals surface area contributed by atoms with Gasteiger partial charge in [-0.2, -0.15) is 4.31 Å². The van der Waals surface area contributed by atoms with Crippen molar-refractivity contribution in [3.8, 4) is 0 Å². The van der Waals surface area contributed by atoms with Gasteiger partial charge in [0, 0.05) is 48.5 Å². The predicted octanol–water partition coefficient (Wildman–Crippen LogP) is 4.00. The number of carbonyl (C=O) groups is 1. The molecule has 1 aromatic heterocycles. The topological polar surface area (TPSA) is 70.8 Å². The number of carbonyl (C=O) groups excluding carboxylic acids is 1. The molecule has 0 atom stereocenters. The maximum absolute atomic E-state index is 14.0. The molecule has 6 nitrogen and oxygen atoms in total. The lowest BCUT2D eigenvalue weighted by atomic mass is 10.2. The number of halogens is 2. The minimum atomic E-state index is -4.13. The van der Waals surface area contributed by atoms with E-state index in [9.17, 15) is 22.0 Å². The molecule has 2 heterocycles. The zero-order valence-electron chi connectivity index (χ0n) is 16.9. The van der Waals surface area contributed by atoms with Crippen molar-refractivity contribution in [3.63, 3.8) is 0 Å². The molecule has 4 rings (SSSR count). The summed E-state index contributed by atoms with van der Waals surface area (Å²) in [7, 11) is -4.13. The summed E-state index contributed by atoms with van der Waals surface area (Å²) in [5.74, 6) is -1.52. The molecular weight excluding hydrogens is 458 g/mol. The van der Waals surface area contributed by atoms with Crippen LogP contribution in [0.1, 0.15) is 16.1 Å². The van der Waals surface area contributed by atoms with Gasteiger partial charge in [-0.05, 0) is 30.3 Å². The summed E-state index contributed by atoms with van der Waals surface area (Å²) >= 11 is 1.58. The van der Waals surface area contributed by atoms with Gasteiger partial charge in [-0.15, -0.1) is 11.8 Å². The van der Waals surface area contributed by atoms with Crippen molar-refractivity contribution in [1.29, 1.82) is 0 Å². The number of thioether (sulfide) groups is 1. The fraction of sp³-hybridized carbons (Fsp3) is 0.227. The highest BCUT2D eigenvalue weighted by molar-refractivity contribution is 7.98. The molecular formula is C22H20F2N2O4S2. The van der Waals surface area contributed by atoms with E-state index in [1.54, 1.807) is 17.8 Å². The van der Waals surface area contributed by atoms with E-state index < -0.39 is 26.6 Å².